The third-order valence-electron chi connectivity index (χ3n) is 11.4. The Labute approximate surface area is 355 Å². The summed E-state index contributed by atoms with van der Waals surface area (Å²) in [6.07, 6.45) is 3.42. The summed E-state index contributed by atoms with van der Waals surface area (Å²) in [6, 6.07) is 67.8. The van der Waals surface area contributed by atoms with Crippen LogP contribution in [0.2, 0.25) is 0 Å². The minimum absolute atomic E-state index is 0.514. The highest BCUT2D eigenvalue weighted by atomic mass is 16.4. The molecule has 8 heteroatoms. The van der Waals surface area contributed by atoms with Gasteiger partial charge in [-0.1, -0.05) is 72.8 Å². The van der Waals surface area contributed by atoms with Gasteiger partial charge in [-0.3, -0.25) is 0 Å². The lowest BCUT2D eigenvalue weighted by atomic mass is 10.0. The molecule has 292 valence electrons. The summed E-state index contributed by atoms with van der Waals surface area (Å²) >= 11 is 0. The monoisotopic (exact) mass is 798 g/mol. The average molecular weight is 799 g/mol. The lowest BCUT2D eigenvalue weighted by Gasteiger charge is -2.27. The molecule has 0 unspecified atom stereocenters. The van der Waals surface area contributed by atoms with Crippen LogP contribution in [0.15, 0.2) is 215 Å². The van der Waals surface area contributed by atoms with Gasteiger partial charge in [0.1, 0.15) is 11.0 Å². The lowest BCUT2D eigenvalue weighted by molar-refractivity contribution is 0.607. The van der Waals surface area contributed by atoms with E-state index in [0.29, 0.717) is 23.2 Å². The van der Waals surface area contributed by atoms with Gasteiger partial charge in [-0.05, 0) is 154 Å². The van der Waals surface area contributed by atoms with Crippen LogP contribution in [-0.4, -0.2) is 19.9 Å². The molecule has 0 bridgehead atoms. The highest BCUT2D eigenvalue weighted by Crippen LogP contribution is 2.42. The van der Waals surface area contributed by atoms with Gasteiger partial charge in [-0.25, -0.2) is 19.9 Å². The summed E-state index contributed by atoms with van der Waals surface area (Å²) < 4.78 is 12.0. The number of anilines is 6. The second-order valence-corrected chi connectivity index (χ2v) is 15.2. The number of benzene rings is 8. The number of aromatic nitrogens is 4. The predicted molar refractivity (Wildman–Crippen MR) is 250 cm³/mol. The van der Waals surface area contributed by atoms with E-state index in [2.05, 4.69) is 175 Å². The van der Waals surface area contributed by atoms with E-state index >= 15 is 0 Å². The molecule has 12 aromatic rings. The van der Waals surface area contributed by atoms with Crippen molar-refractivity contribution in [3.8, 4) is 22.9 Å². The highest BCUT2D eigenvalue weighted by molar-refractivity contribution is 5.96. The fourth-order valence-electron chi connectivity index (χ4n) is 8.32. The molecule has 0 aliphatic rings. The molecule has 0 aliphatic heterocycles. The Morgan fingerprint density at radius 2 is 0.645 bits per heavy atom. The Bertz CT molecular complexity index is 3350. The maximum absolute atomic E-state index is 6.01. The molecule has 0 radical (unpaired) electrons. The zero-order valence-corrected chi connectivity index (χ0v) is 33.1. The lowest BCUT2D eigenvalue weighted by Crippen LogP contribution is -2.10. The molecule has 0 amide bonds. The van der Waals surface area contributed by atoms with Crippen LogP contribution in [0.25, 0.3) is 77.7 Å². The third kappa shape index (κ3) is 6.34. The van der Waals surface area contributed by atoms with Crippen LogP contribution >= 0.6 is 0 Å². The quantitative estimate of drug-likeness (QED) is 0.150. The molecule has 8 nitrogen and oxygen atoms in total. The third-order valence-corrected chi connectivity index (χ3v) is 11.4. The van der Waals surface area contributed by atoms with Crippen molar-refractivity contribution in [2.24, 2.45) is 0 Å². The summed E-state index contributed by atoms with van der Waals surface area (Å²) in [5.41, 5.74) is 10.4. The van der Waals surface area contributed by atoms with E-state index in [0.717, 1.165) is 67.1 Å². The van der Waals surface area contributed by atoms with E-state index < -0.39 is 0 Å². The first-order valence-corrected chi connectivity index (χ1v) is 20.4. The van der Waals surface area contributed by atoms with Crippen LogP contribution in [0, 0.1) is 0 Å². The van der Waals surface area contributed by atoms with Crippen molar-refractivity contribution in [3.05, 3.63) is 207 Å². The summed E-state index contributed by atoms with van der Waals surface area (Å²) in [6.45, 7) is 0. The Balaban J connectivity index is 0.946. The van der Waals surface area contributed by atoms with Crippen molar-refractivity contribution in [1.29, 1.82) is 0 Å². The summed E-state index contributed by atoms with van der Waals surface area (Å²) in [4.78, 5) is 22.6. The number of pyridine rings is 2. The Morgan fingerprint density at radius 3 is 1.05 bits per heavy atom. The van der Waals surface area contributed by atoms with E-state index in [4.69, 9.17) is 8.83 Å². The second-order valence-electron chi connectivity index (χ2n) is 15.2. The molecular formula is C54H34N6O2. The summed E-state index contributed by atoms with van der Waals surface area (Å²) in [7, 11) is 0. The zero-order chi connectivity index (χ0) is 41.0. The van der Waals surface area contributed by atoms with Gasteiger partial charge in [0.25, 0.3) is 0 Å². The molecule has 0 fully saturated rings. The van der Waals surface area contributed by atoms with E-state index in [9.17, 15) is 0 Å². The molecule has 8 aromatic carbocycles. The number of hydrogen-bond donors (Lipinski definition) is 0. The number of nitrogens with zero attached hydrogens (tertiary/aromatic N) is 6. The van der Waals surface area contributed by atoms with Gasteiger partial charge in [0.2, 0.25) is 23.2 Å². The first kappa shape index (κ1) is 35.3. The van der Waals surface area contributed by atoms with Gasteiger partial charge in [-0.15, -0.1) is 0 Å². The highest BCUT2D eigenvalue weighted by Gasteiger charge is 2.19. The topological polar surface area (TPSA) is 84.3 Å². The first-order chi connectivity index (χ1) is 30.7. The number of rotatable bonds is 8. The fourth-order valence-corrected chi connectivity index (χ4v) is 8.32. The Hall–Kier alpha value is -8.62. The molecule has 12 rings (SSSR count). The molecule has 0 aliphatic carbocycles. The summed E-state index contributed by atoms with van der Waals surface area (Å²) in [5, 5.41) is 7.04. The van der Waals surface area contributed by atoms with Gasteiger partial charge in [-0.2, -0.15) is 0 Å². The van der Waals surface area contributed by atoms with E-state index in [1.165, 1.54) is 21.5 Å². The number of fused-ring (bicyclic) bond motifs is 5. The Kier molecular flexibility index (Phi) is 8.31. The number of oxazole rings is 2. The maximum Gasteiger partial charge on any atom is 0.247 e. The van der Waals surface area contributed by atoms with E-state index in [-0.39, 0.29) is 0 Å². The van der Waals surface area contributed by atoms with E-state index in [1.807, 2.05) is 48.5 Å². The standard InChI is InChI=1S/C54H34N6O2/c1-3-9-39-31-46(25-13-35(39)7-1)60(47-26-14-36-8-2-4-10-40(36)32-47)48-28-20-41-33-45(27-19-42(41)34-48)59(43-21-15-37(16-22-43)51-57-49-11-5-29-55-53(49)61-51)44-23-17-38(18-24-44)52-58-50-12-6-30-56-54(50)62-52/h1-34H. The molecule has 0 saturated carbocycles. The van der Waals surface area contributed by atoms with E-state index in [1.54, 1.807) is 12.4 Å². The van der Waals surface area contributed by atoms with Crippen LogP contribution < -0.4 is 9.80 Å². The van der Waals surface area contributed by atoms with Gasteiger partial charge in [0.15, 0.2) is 0 Å². The van der Waals surface area contributed by atoms with Crippen molar-refractivity contribution in [2.45, 2.75) is 0 Å². The number of hydrogen-bond acceptors (Lipinski definition) is 8. The van der Waals surface area contributed by atoms with Crippen LogP contribution in [0.1, 0.15) is 0 Å². The van der Waals surface area contributed by atoms with Crippen LogP contribution in [-0.2, 0) is 0 Å². The van der Waals surface area contributed by atoms with Crippen molar-refractivity contribution in [3.63, 3.8) is 0 Å². The van der Waals surface area contributed by atoms with Crippen LogP contribution in [0.5, 0.6) is 0 Å². The van der Waals surface area contributed by atoms with Crippen molar-refractivity contribution in [1.82, 2.24) is 19.9 Å². The van der Waals surface area contributed by atoms with Gasteiger partial charge in [0.05, 0.1) is 0 Å². The SMILES string of the molecule is c1ccc2cc(N(c3ccc4ccccc4c3)c3ccc4cc(N(c5ccc(-c6nc7cccnc7o6)cc5)c5ccc(-c6nc7cccnc7o6)cc5)ccc4c3)ccc2c1. The van der Waals surface area contributed by atoms with Gasteiger partial charge < -0.3 is 18.6 Å². The Morgan fingerprint density at radius 1 is 0.306 bits per heavy atom. The molecule has 0 atom stereocenters. The van der Waals surface area contributed by atoms with Crippen LogP contribution in [0.3, 0.4) is 0 Å². The molecule has 0 spiro atoms. The second kappa shape index (κ2) is 14.6. The van der Waals surface area contributed by atoms with Gasteiger partial charge >= 0.3 is 0 Å². The van der Waals surface area contributed by atoms with Crippen molar-refractivity contribution >= 4 is 88.9 Å². The molecule has 4 heterocycles. The zero-order valence-electron chi connectivity index (χ0n) is 33.1. The minimum Gasteiger partial charge on any atom is -0.418 e. The predicted octanol–water partition coefficient (Wildman–Crippen LogP) is 14.5. The molecule has 62 heavy (non-hydrogen) atoms. The fraction of sp³-hybridized carbons (Fsp3) is 0. The molecule has 4 aromatic heterocycles. The van der Waals surface area contributed by atoms with Gasteiger partial charge in [0, 0.05) is 57.6 Å². The first-order valence-electron chi connectivity index (χ1n) is 20.4. The molecular weight excluding hydrogens is 765 g/mol. The smallest absolute Gasteiger partial charge is 0.247 e. The molecule has 0 saturated heterocycles. The van der Waals surface area contributed by atoms with Crippen molar-refractivity contribution < 1.29 is 8.83 Å². The minimum atomic E-state index is 0.514. The van der Waals surface area contributed by atoms with Crippen LogP contribution in [0.4, 0.5) is 34.1 Å². The average Bonchev–Trinajstić information content (AvgIpc) is 3.98. The van der Waals surface area contributed by atoms with Crippen molar-refractivity contribution in [2.75, 3.05) is 9.80 Å². The normalized spacial score (nSPS) is 11.5. The maximum atomic E-state index is 6.01. The summed E-state index contributed by atoms with van der Waals surface area (Å²) in [5.74, 6) is 1.05. The molecule has 0 N–H and O–H groups in total. The largest absolute Gasteiger partial charge is 0.418 e.